The van der Waals surface area contributed by atoms with Crippen LogP contribution in [-0.4, -0.2) is 13.0 Å². The fourth-order valence-electron chi connectivity index (χ4n) is 2.25. The van der Waals surface area contributed by atoms with Gasteiger partial charge in [-0.15, -0.1) is 0 Å². The molecule has 0 radical (unpaired) electrons. The number of hydrogen-bond donors (Lipinski definition) is 1. The van der Waals surface area contributed by atoms with Crippen molar-refractivity contribution < 1.29 is 12.8 Å². The maximum atomic E-state index is 12.4. The third-order valence-corrected chi connectivity index (χ3v) is 5.42. The van der Waals surface area contributed by atoms with Crippen molar-refractivity contribution in [2.24, 2.45) is 7.05 Å². The quantitative estimate of drug-likeness (QED) is 0.735. The van der Waals surface area contributed by atoms with Crippen molar-refractivity contribution in [3.8, 4) is 0 Å². The van der Waals surface area contributed by atoms with Crippen molar-refractivity contribution >= 4 is 33.3 Å². The highest BCUT2D eigenvalue weighted by Gasteiger charge is 2.16. The van der Waals surface area contributed by atoms with E-state index in [1.54, 1.807) is 23.7 Å². The highest BCUT2D eigenvalue weighted by atomic mass is 32.2. The minimum Gasteiger partial charge on any atom is -0.429 e. The molecular formula is C16H16N2O3S2. The Bertz CT molecular complexity index is 1020. The summed E-state index contributed by atoms with van der Waals surface area (Å²) in [5.74, 6) is 0. The number of benzene rings is 2. The molecule has 1 heterocycles. The number of fused-ring (bicyclic) bond motifs is 1. The number of aryl methyl sites for hydroxylation is 2. The molecule has 1 N–H and O–H groups in total. The minimum absolute atomic E-state index is 0.154. The number of nitrogens with one attached hydrogen (secondary N) is 1. The zero-order valence-corrected chi connectivity index (χ0v) is 14.4. The molecule has 120 valence electrons. The molecule has 0 atom stereocenters. The Hall–Kier alpha value is -1.96. The minimum atomic E-state index is -3.62. The lowest BCUT2D eigenvalue weighted by Crippen LogP contribution is -2.23. The molecule has 1 aromatic heterocycles. The molecule has 0 aliphatic rings. The van der Waals surface area contributed by atoms with Crippen LogP contribution >= 0.6 is 12.2 Å². The molecule has 0 bridgehead atoms. The lowest BCUT2D eigenvalue weighted by atomic mass is 10.2. The second-order valence-corrected chi connectivity index (χ2v) is 7.48. The molecule has 0 saturated carbocycles. The summed E-state index contributed by atoms with van der Waals surface area (Å²) >= 11 is 5.05. The number of nitrogens with zero attached hydrogens (tertiary/aromatic N) is 1. The Morgan fingerprint density at radius 1 is 1.17 bits per heavy atom. The maximum absolute atomic E-state index is 12.4. The van der Waals surface area contributed by atoms with E-state index in [0.717, 1.165) is 16.6 Å². The van der Waals surface area contributed by atoms with Gasteiger partial charge in [-0.05, 0) is 36.8 Å². The van der Waals surface area contributed by atoms with Crippen molar-refractivity contribution in [2.45, 2.75) is 18.4 Å². The summed E-state index contributed by atoms with van der Waals surface area (Å²) in [6, 6.07) is 12.4. The summed E-state index contributed by atoms with van der Waals surface area (Å²) < 4.78 is 34.5. The van der Waals surface area contributed by atoms with Crippen LogP contribution in [0, 0.1) is 11.8 Å². The van der Waals surface area contributed by atoms with Gasteiger partial charge in [0.15, 0.2) is 5.58 Å². The van der Waals surface area contributed by atoms with Crippen LogP contribution in [0.5, 0.6) is 0 Å². The van der Waals surface area contributed by atoms with E-state index in [1.165, 1.54) is 6.07 Å². The van der Waals surface area contributed by atoms with Crippen molar-refractivity contribution in [3.63, 3.8) is 0 Å². The first-order valence-electron chi connectivity index (χ1n) is 7.01. The number of oxazole rings is 1. The number of aromatic nitrogens is 1. The molecule has 5 nitrogen and oxygen atoms in total. The third kappa shape index (κ3) is 3.21. The van der Waals surface area contributed by atoms with Gasteiger partial charge in [0.25, 0.3) is 4.84 Å². The van der Waals surface area contributed by atoms with E-state index in [4.69, 9.17) is 16.6 Å². The zero-order chi connectivity index (χ0) is 16.6. The van der Waals surface area contributed by atoms with Crippen molar-refractivity contribution in [3.05, 3.63) is 58.4 Å². The Morgan fingerprint density at radius 2 is 1.87 bits per heavy atom. The molecule has 0 amide bonds. The van der Waals surface area contributed by atoms with Gasteiger partial charge in [-0.2, -0.15) is 0 Å². The van der Waals surface area contributed by atoms with Gasteiger partial charge in [-0.25, -0.2) is 13.1 Å². The number of hydrogen-bond acceptors (Lipinski definition) is 4. The molecular weight excluding hydrogens is 332 g/mol. The topological polar surface area (TPSA) is 64.2 Å². The summed E-state index contributed by atoms with van der Waals surface area (Å²) in [5, 5.41) is 0. The Morgan fingerprint density at radius 3 is 2.57 bits per heavy atom. The van der Waals surface area contributed by atoms with Crippen molar-refractivity contribution in [1.82, 2.24) is 9.29 Å². The highest BCUT2D eigenvalue weighted by molar-refractivity contribution is 7.89. The van der Waals surface area contributed by atoms with Gasteiger partial charge in [0.05, 0.1) is 10.4 Å². The van der Waals surface area contributed by atoms with E-state index in [9.17, 15) is 8.42 Å². The van der Waals surface area contributed by atoms with Gasteiger partial charge >= 0.3 is 0 Å². The largest absolute Gasteiger partial charge is 0.429 e. The monoisotopic (exact) mass is 348 g/mol. The molecule has 0 fully saturated rings. The lowest BCUT2D eigenvalue weighted by molar-refractivity contribution is 0.557. The first kappa shape index (κ1) is 15.9. The molecule has 7 heteroatoms. The Balaban J connectivity index is 1.87. The van der Waals surface area contributed by atoms with E-state index in [1.807, 2.05) is 31.2 Å². The van der Waals surface area contributed by atoms with Crippen LogP contribution in [0.1, 0.15) is 11.1 Å². The van der Waals surface area contributed by atoms with Gasteiger partial charge in [-0.1, -0.05) is 29.8 Å². The average Bonchev–Trinajstić information content (AvgIpc) is 2.81. The maximum Gasteiger partial charge on any atom is 0.269 e. The SMILES string of the molecule is Cc1ccc(CNS(=O)(=O)c2ccc3c(c2)oc(=S)n3C)cc1. The molecule has 0 spiro atoms. The van der Waals surface area contributed by atoms with E-state index in [-0.39, 0.29) is 11.4 Å². The zero-order valence-electron chi connectivity index (χ0n) is 12.7. The van der Waals surface area contributed by atoms with E-state index >= 15 is 0 Å². The summed E-state index contributed by atoms with van der Waals surface area (Å²) in [7, 11) is -1.84. The van der Waals surface area contributed by atoms with Crippen LogP contribution in [0.3, 0.4) is 0 Å². The van der Waals surface area contributed by atoms with Crippen LogP contribution in [-0.2, 0) is 23.6 Å². The molecule has 3 rings (SSSR count). The molecule has 0 saturated heterocycles. The second kappa shape index (κ2) is 5.92. The van der Waals surface area contributed by atoms with Gasteiger partial charge in [0.2, 0.25) is 10.0 Å². The smallest absolute Gasteiger partial charge is 0.269 e. The fourth-order valence-corrected chi connectivity index (χ4v) is 3.47. The fraction of sp³-hybridized carbons (Fsp3) is 0.188. The van der Waals surface area contributed by atoms with Gasteiger partial charge in [0.1, 0.15) is 0 Å². The third-order valence-electron chi connectivity index (χ3n) is 3.66. The summed E-state index contributed by atoms with van der Waals surface area (Å²) in [6.45, 7) is 2.22. The predicted molar refractivity (Wildman–Crippen MR) is 91.2 cm³/mol. The Labute approximate surface area is 139 Å². The van der Waals surface area contributed by atoms with E-state index in [2.05, 4.69) is 4.72 Å². The summed E-state index contributed by atoms with van der Waals surface area (Å²) in [6.07, 6.45) is 0. The number of sulfonamides is 1. The molecule has 0 unspecified atom stereocenters. The predicted octanol–water partition coefficient (Wildman–Crippen LogP) is 3.29. The average molecular weight is 348 g/mol. The lowest BCUT2D eigenvalue weighted by Gasteiger charge is -2.07. The van der Waals surface area contributed by atoms with Gasteiger partial charge in [0, 0.05) is 19.7 Å². The van der Waals surface area contributed by atoms with Crippen LogP contribution in [0.25, 0.3) is 11.1 Å². The van der Waals surface area contributed by atoms with Crippen LogP contribution in [0.15, 0.2) is 51.8 Å². The molecule has 3 aromatic rings. The number of rotatable bonds is 4. The van der Waals surface area contributed by atoms with Crippen LogP contribution in [0.2, 0.25) is 0 Å². The molecule has 23 heavy (non-hydrogen) atoms. The van der Waals surface area contributed by atoms with Crippen molar-refractivity contribution in [2.75, 3.05) is 0 Å². The van der Waals surface area contributed by atoms with Gasteiger partial charge < -0.3 is 8.98 Å². The Kier molecular flexibility index (Phi) is 4.09. The van der Waals surface area contributed by atoms with Crippen LogP contribution in [0.4, 0.5) is 0 Å². The first-order chi connectivity index (χ1) is 10.9. The standard InChI is InChI=1S/C16H16N2O3S2/c1-11-3-5-12(6-4-11)10-17-23(19,20)13-7-8-14-15(9-13)21-16(22)18(14)2/h3-9,17H,10H2,1-2H3. The molecule has 0 aliphatic heterocycles. The molecule has 0 aliphatic carbocycles. The normalized spacial score (nSPS) is 11.9. The second-order valence-electron chi connectivity index (χ2n) is 5.37. The van der Waals surface area contributed by atoms with Crippen LogP contribution < -0.4 is 4.72 Å². The first-order valence-corrected chi connectivity index (χ1v) is 8.91. The van der Waals surface area contributed by atoms with Crippen molar-refractivity contribution in [1.29, 1.82) is 0 Å². The summed E-state index contributed by atoms with van der Waals surface area (Å²) in [4.78, 5) is 0.462. The van der Waals surface area contributed by atoms with Gasteiger partial charge in [-0.3, -0.25) is 0 Å². The highest BCUT2D eigenvalue weighted by Crippen LogP contribution is 2.21. The summed E-state index contributed by atoms with van der Waals surface area (Å²) in [5.41, 5.74) is 3.24. The van der Waals surface area contributed by atoms with E-state index < -0.39 is 10.0 Å². The molecule has 2 aromatic carbocycles. The van der Waals surface area contributed by atoms with E-state index in [0.29, 0.717) is 10.4 Å².